The van der Waals surface area contributed by atoms with E-state index in [0.717, 1.165) is 25.1 Å². The molecule has 130 valence electrons. The molecule has 1 atom stereocenters. The van der Waals surface area contributed by atoms with E-state index in [1.807, 2.05) is 29.0 Å². The van der Waals surface area contributed by atoms with Crippen molar-refractivity contribution in [2.45, 2.75) is 45.7 Å². The number of imidazole rings is 1. The van der Waals surface area contributed by atoms with E-state index < -0.39 is 6.04 Å². The highest BCUT2D eigenvalue weighted by molar-refractivity contribution is 5.81. The predicted octanol–water partition coefficient (Wildman–Crippen LogP) is 2.35. The average Bonchev–Trinajstić information content (AvgIpc) is 2.99. The summed E-state index contributed by atoms with van der Waals surface area (Å²) in [6, 6.07) is 9.65. The Hall–Kier alpha value is -2.14. The molecule has 0 aliphatic rings. The molecule has 0 saturated carbocycles. The molecular formula is C19H28N4O. The first kappa shape index (κ1) is 18.2. The lowest BCUT2D eigenvalue weighted by Crippen LogP contribution is -2.42. The Morgan fingerprint density at radius 1 is 1.29 bits per heavy atom. The predicted molar refractivity (Wildman–Crippen MR) is 96.5 cm³/mol. The molecule has 1 amide bonds. The van der Waals surface area contributed by atoms with E-state index in [9.17, 15) is 4.79 Å². The van der Waals surface area contributed by atoms with Crippen LogP contribution in [0.3, 0.4) is 0 Å². The maximum atomic E-state index is 12.0. The zero-order valence-electron chi connectivity index (χ0n) is 14.6. The second kappa shape index (κ2) is 9.23. The van der Waals surface area contributed by atoms with Gasteiger partial charge in [-0.2, -0.15) is 0 Å². The van der Waals surface area contributed by atoms with E-state index >= 15 is 0 Å². The SMILES string of the molecule is CC(C)CCCNC(=O)[C@@H](N)Cc1cn(Cc2ccccc2)cn1. The maximum Gasteiger partial charge on any atom is 0.237 e. The van der Waals surface area contributed by atoms with Gasteiger partial charge in [0, 0.05) is 25.7 Å². The smallest absolute Gasteiger partial charge is 0.237 e. The number of hydrogen-bond donors (Lipinski definition) is 2. The zero-order chi connectivity index (χ0) is 17.4. The largest absolute Gasteiger partial charge is 0.355 e. The molecule has 0 bridgehead atoms. The first-order valence-corrected chi connectivity index (χ1v) is 8.62. The Morgan fingerprint density at radius 2 is 2.04 bits per heavy atom. The van der Waals surface area contributed by atoms with Crippen molar-refractivity contribution in [2.24, 2.45) is 11.7 Å². The number of benzene rings is 1. The molecule has 2 aromatic rings. The van der Waals surface area contributed by atoms with Crippen molar-refractivity contribution in [1.29, 1.82) is 0 Å². The molecule has 1 aromatic heterocycles. The summed E-state index contributed by atoms with van der Waals surface area (Å²) in [6.07, 6.45) is 6.30. The summed E-state index contributed by atoms with van der Waals surface area (Å²) in [5.74, 6) is 0.556. The summed E-state index contributed by atoms with van der Waals surface area (Å²) in [5, 5.41) is 2.91. The van der Waals surface area contributed by atoms with Crippen LogP contribution in [-0.2, 0) is 17.8 Å². The number of carbonyl (C=O) groups is 1. The third kappa shape index (κ3) is 6.16. The van der Waals surface area contributed by atoms with Crippen LogP contribution in [0, 0.1) is 5.92 Å². The van der Waals surface area contributed by atoms with E-state index in [4.69, 9.17) is 5.73 Å². The highest BCUT2D eigenvalue weighted by Gasteiger charge is 2.15. The molecule has 0 aliphatic carbocycles. The highest BCUT2D eigenvalue weighted by Crippen LogP contribution is 2.06. The minimum atomic E-state index is -0.552. The topological polar surface area (TPSA) is 72.9 Å². The van der Waals surface area contributed by atoms with Gasteiger partial charge in [0.1, 0.15) is 0 Å². The molecule has 0 fully saturated rings. The molecular weight excluding hydrogens is 300 g/mol. The van der Waals surface area contributed by atoms with Crippen molar-refractivity contribution in [3.63, 3.8) is 0 Å². The normalized spacial score (nSPS) is 12.3. The molecule has 1 aromatic carbocycles. The van der Waals surface area contributed by atoms with Crippen molar-refractivity contribution in [3.05, 3.63) is 54.1 Å². The van der Waals surface area contributed by atoms with Gasteiger partial charge in [-0.15, -0.1) is 0 Å². The Kier molecular flexibility index (Phi) is 7.00. The number of amides is 1. The van der Waals surface area contributed by atoms with Crippen LogP contribution < -0.4 is 11.1 Å². The molecule has 2 rings (SSSR count). The van der Waals surface area contributed by atoms with Gasteiger partial charge in [0.05, 0.1) is 18.1 Å². The van der Waals surface area contributed by atoms with Crippen LogP contribution in [0.25, 0.3) is 0 Å². The summed E-state index contributed by atoms with van der Waals surface area (Å²) in [6.45, 7) is 5.82. The van der Waals surface area contributed by atoms with Crippen LogP contribution >= 0.6 is 0 Å². The zero-order valence-corrected chi connectivity index (χ0v) is 14.6. The van der Waals surface area contributed by atoms with Crippen LogP contribution in [-0.4, -0.2) is 28.0 Å². The van der Waals surface area contributed by atoms with Crippen LogP contribution in [0.5, 0.6) is 0 Å². The van der Waals surface area contributed by atoms with Crippen LogP contribution in [0.4, 0.5) is 0 Å². The second-order valence-electron chi connectivity index (χ2n) is 6.66. The lowest BCUT2D eigenvalue weighted by atomic mass is 10.1. The standard InChI is InChI=1S/C19H28N4O/c1-15(2)7-6-10-21-19(24)18(20)11-17-13-23(14-22-17)12-16-8-4-3-5-9-16/h3-5,8-9,13-15,18H,6-7,10-12,20H2,1-2H3,(H,21,24)/t18-/m0/s1. The first-order chi connectivity index (χ1) is 11.5. The third-order valence-electron chi connectivity index (χ3n) is 3.92. The van der Waals surface area contributed by atoms with Crippen molar-refractivity contribution in [3.8, 4) is 0 Å². The quantitative estimate of drug-likeness (QED) is 0.694. The van der Waals surface area contributed by atoms with E-state index in [1.165, 1.54) is 5.56 Å². The van der Waals surface area contributed by atoms with Gasteiger partial charge in [-0.1, -0.05) is 44.2 Å². The second-order valence-corrected chi connectivity index (χ2v) is 6.66. The van der Waals surface area contributed by atoms with Gasteiger partial charge in [0.2, 0.25) is 5.91 Å². The van der Waals surface area contributed by atoms with Crippen molar-refractivity contribution in [1.82, 2.24) is 14.9 Å². The Labute approximate surface area is 144 Å². The van der Waals surface area contributed by atoms with E-state index in [1.54, 1.807) is 6.33 Å². The average molecular weight is 328 g/mol. The number of carbonyl (C=O) groups excluding carboxylic acids is 1. The molecule has 0 unspecified atom stereocenters. The summed E-state index contributed by atoms with van der Waals surface area (Å²) in [5.41, 5.74) is 8.05. The van der Waals surface area contributed by atoms with Gasteiger partial charge in [-0.3, -0.25) is 4.79 Å². The number of aromatic nitrogens is 2. The van der Waals surface area contributed by atoms with Gasteiger partial charge in [0.15, 0.2) is 0 Å². The van der Waals surface area contributed by atoms with Crippen molar-refractivity contribution >= 4 is 5.91 Å². The van der Waals surface area contributed by atoms with Gasteiger partial charge in [-0.05, 0) is 24.3 Å². The monoisotopic (exact) mass is 328 g/mol. The summed E-state index contributed by atoms with van der Waals surface area (Å²) >= 11 is 0. The molecule has 5 nitrogen and oxygen atoms in total. The van der Waals surface area contributed by atoms with Crippen LogP contribution in [0.15, 0.2) is 42.9 Å². The van der Waals surface area contributed by atoms with Crippen molar-refractivity contribution in [2.75, 3.05) is 6.54 Å². The Morgan fingerprint density at radius 3 is 2.75 bits per heavy atom. The minimum Gasteiger partial charge on any atom is -0.355 e. The number of hydrogen-bond acceptors (Lipinski definition) is 3. The van der Waals surface area contributed by atoms with Gasteiger partial charge < -0.3 is 15.6 Å². The number of nitrogens with two attached hydrogens (primary N) is 1. The molecule has 0 saturated heterocycles. The first-order valence-electron chi connectivity index (χ1n) is 8.62. The fourth-order valence-electron chi connectivity index (χ4n) is 2.56. The molecule has 24 heavy (non-hydrogen) atoms. The number of nitrogens with one attached hydrogen (secondary N) is 1. The lowest BCUT2D eigenvalue weighted by Gasteiger charge is -2.11. The Balaban J connectivity index is 1.77. The van der Waals surface area contributed by atoms with E-state index in [-0.39, 0.29) is 5.91 Å². The minimum absolute atomic E-state index is 0.101. The molecule has 1 heterocycles. The van der Waals surface area contributed by atoms with Crippen LogP contribution in [0.1, 0.15) is 37.9 Å². The fourth-order valence-corrected chi connectivity index (χ4v) is 2.56. The van der Waals surface area contributed by atoms with E-state index in [0.29, 0.717) is 18.9 Å². The summed E-state index contributed by atoms with van der Waals surface area (Å²) in [7, 11) is 0. The van der Waals surface area contributed by atoms with Gasteiger partial charge in [-0.25, -0.2) is 4.98 Å². The molecule has 0 aliphatic heterocycles. The summed E-state index contributed by atoms with van der Waals surface area (Å²) in [4.78, 5) is 16.4. The lowest BCUT2D eigenvalue weighted by molar-refractivity contribution is -0.122. The Bertz CT molecular complexity index is 621. The van der Waals surface area contributed by atoms with Crippen LogP contribution in [0.2, 0.25) is 0 Å². The fraction of sp³-hybridized carbons (Fsp3) is 0.474. The van der Waals surface area contributed by atoms with Crippen molar-refractivity contribution < 1.29 is 4.79 Å². The molecule has 3 N–H and O–H groups in total. The number of rotatable bonds is 9. The van der Waals surface area contributed by atoms with Gasteiger partial charge in [0.25, 0.3) is 0 Å². The molecule has 0 spiro atoms. The third-order valence-corrected chi connectivity index (χ3v) is 3.92. The van der Waals surface area contributed by atoms with E-state index in [2.05, 4.69) is 36.3 Å². The highest BCUT2D eigenvalue weighted by atomic mass is 16.2. The van der Waals surface area contributed by atoms with Gasteiger partial charge >= 0.3 is 0 Å². The number of nitrogens with zero attached hydrogens (tertiary/aromatic N) is 2. The maximum absolute atomic E-state index is 12.0. The summed E-state index contributed by atoms with van der Waals surface area (Å²) < 4.78 is 2.01. The molecule has 5 heteroatoms. The molecule has 0 radical (unpaired) electrons.